The number of hydrogen-bond acceptors (Lipinski definition) is 4. The van der Waals surface area contributed by atoms with Crippen LogP contribution in [0, 0.1) is 0 Å². The fraction of sp³-hybridized carbons (Fsp3) is 0.571. The van der Waals surface area contributed by atoms with Gasteiger partial charge in [0.25, 0.3) is 0 Å². The van der Waals surface area contributed by atoms with E-state index in [1.807, 2.05) is 38.1 Å². The monoisotopic (exact) mass is 253 g/mol. The molecule has 0 radical (unpaired) electrons. The summed E-state index contributed by atoms with van der Waals surface area (Å²) in [4.78, 5) is 0. The Morgan fingerprint density at radius 3 is 2.33 bits per heavy atom. The number of benzene rings is 1. The van der Waals surface area contributed by atoms with Crippen molar-refractivity contribution in [1.29, 1.82) is 0 Å². The van der Waals surface area contributed by atoms with Gasteiger partial charge < -0.3 is 19.9 Å². The van der Waals surface area contributed by atoms with Crippen LogP contribution in [0.5, 0.6) is 11.5 Å². The Balaban J connectivity index is 2.40. The molecule has 0 heterocycles. The maximum absolute atomic E-state index is 9.35. The summed E-state index contributed by atoms with van der Waals surface area (Å²) >= 11 is 0. The standard InChI is InChI=1S/C14H23NO3/c1-4-15-14(2,11-16)9-10-18-13-7-5-12(17-3)6-8-13/h5-8,15-16H,4,9-11H2,1-3H3. The summed E-state index contributed by atoms with van der Waals surface area (Å²) in [5, 5.41) is 12.6. The van der Waals surface area contributed by atoms with Gasteiger partial charge in [0.2, 0.25) is 0 Å². The molecule has 0 aliphatic heterocycles. The molecular weight excluding hydrogens is 230 g/mol. The second-order valence-electron chi connectivity index (χ2n) is 4.52. The molecule has 0 saturated heterocycles. The van der Waals surface area contributed by atoms with Crippen molar-refractivity contribution in [3.05, 3.63) is 24.3 Å². The first-order valence-corrected chi connectivity index (χ1v) is 6.26. The second-order valence-corrected chi connectivity index (χ2v) is 4.52. The van der Waals surface area contributed by atoms with Crippen molar-refractivity contribution < 1.29 is 14.6 Å². The van der Waals surface area contributed by atoms with Gasteiger partial charge in [-0.1, -0.05) is 6.92 Å². The molecule has 0 bridgehead atoms. The summed E-state index contributed by atoms with van der Waals surface area (Å²) < 4.78 is 10.7. The molecule has 1 aromatic rings. The largest absolute Gasteiger partial charge is 0.497 e. The Kier molecular flexibility index (Phi) is 5.95. The quantitative estimate of drug-likeness (QED) is 0.742. The second kappa shape index (κ2) is 7.24. The van der Waals surface area contributed by atoms with Crippen LogP contribution in [0.25, 0.3) is 0 Å². The first kappa shape index (κ1) is 14.8. The molecule has 1 rings (SSSR count). The average Bonchev–Trinajstić information content (AvgIpc) is 2.40. The van der Waals surface area contributed by atoms with Crippen LogP contribution in [-0.4, -0.2) is 37.5 Å². The van der Waals surface area contributed by atoms with E-state index >= 15 is 0 Å². The van der Waals surface area contributed by atoms with Gasteiger partial charge >= 0.3 is 0 Å². The summed E-state index contributed by atoms with van der Waals surface area (Å²) in [6.07, 6.45) is 0.753. The van der Waals surface area contributed by atoms with Crippen LogP contribution in [0.4, 0.5) is 0 Å². The lowest BCUT2D eigenvalue weighted by Crippen LogP contribution is -2.46. The Morgan fingerprint density at radius 2 is 1.83 bits per heavy atom. The van der Waals surface area contributed by atoms with E-state index in [4.69, 9.17) is 9.47 Å². The van der Waals surface area contributed by atoms with Gasteiger partial charge in [-0.2, -0.15) is 0 Å². The molecule has 1 unspecified atom stereocenters. The average molecular weight is 253 g/mol. The van der Waals surface area contributed by atoms with Crippen LogP contribution >= 0.6 is 0 Å². The number of aliphatic hydroxyl groups is 1. The molecule has 0 spiro atoms. The van der Waals surface area contributed by atoms with E-state index < -0.39 is 0 Å². The molecule has 4 heteroatoms. The van der Waals surface area contributed by atoms with E-state index in [1.165, 1.54) is 0 Å². The van der Waals surface area contributed by atoms with E-state index in [1.54, 1.807) is 7.11 Å². The number of hydrogen-bond donors (Lipinski definition) is 2. The predicted molar refractivity (Wildman–Crippen MR) is 72.3 cm³/mol. The van der Waals surface area contributed by atoms with Crippen LogP contribution in [0.15, 0.2) is 24.3 Å². The molecule has 0 aliphatic rings. The Bertz CT molecular complexity index is 339. The summed E-state index contributed by atoms with van der Waals surface area (Å²) in [7, 11) is 1.64. The fourth-order valence-electron chi connectivity index (χ4n) is 1.72. The maximum atomic E-state index is 9.35. The van der Waals surface area contributed by atoms with E-state index in [2.05, 4.69) is 5.32 Å². The van der Waals surface area contributed by atoms with Gasteiger partial charge in [0, 0.05) is 12.0 Å². The predicted octanol–water partition coefficient (Wildman–Crippen LogP) is 1.82. The number of rotatable bonds is 8. The lowest BCUT2D eigenvalue weighted by molar-refractivity contribution is 0.146. The van der Waals surface area contributed by atoms with Crippen LogP contribution in [0.3, 0.4) is 0 Å². The molecule has 2 N–H and O–H groups in total. The SMILES string of the molecule is CCNC(C)(CO)CCOc1ccc(OC)cc1. The number of likely N-dealkylation sites (N-methyl/N-ethyl adjacent to an activating group) is 1. The van der Waals surface area contributed by atoms with Crippen molar-refractivity contribution in [3.63, 3.8) is 0 Å². The molecule has 4 nitrogen and oxygen atoms in total. The summed E-state index contributed by atoms with van der Waals surface area (Å²) in [6.45, 7) is 5.52. The highest BCUT2D eigenvalue weighted by Crippen LogP contribution is 2.18. The number of ether oxygens (including phenoxy) is 2. The summed E-state index contributed by atoms with van der Waals surface area (Å²) in [6, 6.07) is 7.49. The van der Waals surface area contributed by atoms with Crippen molar-refractivity contribution >= 4 is 0 Å². The molecule has 1 aromatic carbocycles. The number of aliphatic hydroxyl groups excluding tert-OH is 1. The van der Waals surface area contributed by atoms with Crippen LogP contribution in [0.2, 0.25) is 0 Å². The van der Waals surface area contributed by atoms with Gasteiger partial charge in [-0.3, -0.25) is 0 Å². The smallest absolute Gasteiger partial charge is 0.119 e. The third-order valence-corrected chi connectivity index (χ3v) is 2.93. The van der Waals surface area contributed by atoms with Crippen molar-refractivity contribution in [2.24, 2.45) is 0 Å². The maximum Gasteiger partial charge on any atom is 0.119 e. The van der Waals surface area contributed by atoms with Crippen molar-refractivity contribution in [2.45, 2.75) is 25.8 Å². The molecular formula is C14H23NO3. The van der Waals surface area contributed by atoms with Crippen molar-refractivity contribution in [2.75, 3.05) is 26.9 Å². The molecule has 0 aliphatic carbocycles. The molecule has 0 fully saturated rings. The van der Waals surface area contributed by atoms with Crippen LogP contribution < -0.4 is 14.8 Å². The van der Waals surface area contributed by atoms with Gasteiger partial charge in [0.05, 0.1) is 20.3 Å². The minimum atomic E-state index is -0.277. The van der Waals surface area contributed by atoms with Gasteiger partial charge in [-0.15, -0.1) is 0 Å². The topological polar surface area (TPSA) is 50.7 Å². The minimum absolute atomic E-state index is 0.104. The minimum Gasteiger partial charge on any atom is -0.497 e. The van der Waals surface area contributed by atoms with Gasteiger partial charge in [0.15, 0.2) is 0 Å². The zero-order valence-corrected chi connectivity index (χ0v) is 11.4. The molecule has 0 amide bonds. The van der Waals surface area contributed by atoms with E-state index in [0.717, 1.165) is 24.5 Å². The Morgan fingerprint density at radius 1 is 1.22 bits per heavy atom. The number of methoxy groups -OCH3 is 1. The lowest BCUT2D eigenvalue weighted by atomic mass is 10.00. The molecule has 1 atom stereocenters. The zero-order chi connectivity index (χ0) is 13.4. The zero-order valence-electron chi connectivity index (χ0n) is 11.4. The summed E-state index contributed by atoms with van der Waals surface area (Å²) in [5.74, 6) is 1.63. The molecule has 0 aromatic heterocycles. The highest BCUT2D eigenvalue weighted by molar-refractivity contribution is 5.31. The lowest BCUT2D eigenvalue weighted by Gasteiger charge is -2.28. The Hall–Kier alpha value is -1.26. The van der Waals surface area contributed by atoms with Gasteiger partial charge in [0.1, 0.15) is 11.5 Å². The first-order chi connectivity index (χ1) is 8.63. The molecule has 102 valence electrons. The van der Waals surface area contributed by atoms with E-state index in [-0.39, 0.29) is 12.1 Å². The summed E-state index contributed by atoms with van der Waals surface area (Å²) in [5.41, 5.74) is -0.277. The first-order valence-electron chi connectivity index (χ1n) is 6.26. The normalized spacial score (nSPS) is 14.0. The van der Waals surface area contributed by atoms with E-state index in [9.17, 15) is 5.11 Å². The highest BCUT2D eigenvalue weighted by atomic mass is 16.5. The fourth-order valence-corrected chi connectivity index (χ4v) is 1.72. The Labute approximate surface area is 109 Å². The molecule has 0 saturated carbocycles. The van der Waals surface area contributed by atoms with Crippen molar-refractivity contribution in [1.82, 2.24) is 5.32 Å². The molecule has 18 heavy (non-hydrogen) atoms. The van der Waals surface area contributed by atoms with Crippen molar-refractivity contribution in [3.8, 4) is 11.5 Å². The van der Waals surface area contributed by atoms with E-state index in [0.29, 0.717) is 6.61 Å². The third-order valence-electron chi connectivity index (χ3n) is 2.93. The number of nitrogens with one attached hydrogen (secondary N) is 1. The third kappa shape index (κ3) is 4.55. The van der Waals surface area contributed by atoms with Crippen LogP contribution in [-0.2, 0) is 0 Å². The van der Waals surface area contributed by atoms with Gasteiger partial charge in [-0.05, 0) is 37.7 Å². The van der Waals surface area contributed by atoms with Gasteiger partial charge in [-0.25, -0.2) is 0 Å². The highest BCUT2D eigenvalue weighted by Gasteiger charge is 2.21. The van der Waals surface area contributed by atoms with Crippen LogP contribution in [0.1, 0.15) is 20.3 Å².